The number of allylic oxidation sites excluding steroid dienone is 1. The van der Waals surface area contributed by atoms with Gasteiger partial charge in [0.2, 0.25) is 0 Å². The summed E-state index contributed by atoms with van der Waals surface area (Å²) < 4.78 is 17.8. The maximum absolute atomic E-state index is 12.2. The van der Waals surface area contributed by atoms with E-state index in [1.165, 1.54) is 33.4 Å². The smallest absolute Gasteiger partial charge is 0.320 e. The van der Waals surface area contributed by atoms with Crippen molar-refractivity contribution in [3.8, 4) is 11.5 Å². The van der Waals surface area contributed by atoms with Crippen LogP contribution in [0.15, 0.2) is 72.8 Å². The molecule has 0 aromatic heterocycles. The van der Waals surface area contributed by atoms with E-state index in [4.69, 9.17) is 14.2 Å². The van der Waals surface area contributed by atoms with Crippen molar-refractivity contribution >= 4 is 17.1 Å². The number of hydrogen-bond donors (Lipinski definition) is 0. The highest BCUT2D eigenvalue weighted by Gasteiger charge is 2.25. The third kappa shape index (κ3) is 8.99. The summed E-state index contributed by atoms with van der Waals surface area (Å²) in [7, 11) is 0. The SMILES string of the molecule is CCCCOc1ccc2c(c1)CCC(c1ccccc1)=C2c1ccc(OC[C@@H](C)N2CCN(CC(=O)OC(C)(C)C)CC2)cc1. The van der Waals surface area contributed by atoms with E-state index in [1.807, 2.05) is 20.8 Å². The molecule has 6 nitrogen and oxygen atoms in total. The van der Waals surface area contributed by atoms with E-state index in [0.29, 0.717) is 13.2 Å². The first kappa shape index (κ1) is 32.8. The molecular formula is C39H50N2O4. The number of carbonyl (C=O) groups is 1. The molecule has 0 amide bonds. The Hall–Kier alpha value is -3.61. The average Bonchev–Trinajstić information content (AvgIpc) is 3.03. The number of aryl methyl sites for hydroxylation is 1. The van der Waals surface area contributed by atoms with Gasteiger partial charge in [0.25, 0.3) is 0 Å². The van der Waals surface area contributed by atoms with Gasteiger partial charge in [0.05, 0.1) is 13.2 Å². The summed E-state index contributed by atoms with van der Waals surface area (Å²) in [6, 6.07) is 26.3. The largest absolute Gasteiger partial charge is 0.494 e. The monoisotopic (exact) mass is 610 g/mol. The number of fused-ring (bicyclic) bond motifs is 1. The number of nitrogens with zero attached hydrogens (tertiary/aromatic N) is 2. The molecule has 240 valence electrons. The second kappa shape index (κ2) is 15.1. The summed E-state index contributed by atoms with van der Waals surface area (Å²) in [6.45, 7) is 15.4. The Morgan fingerprint density at radius 1 is 0.844 bits per heavy atom. The normalized spacial score (nSPS) is 16.6. The van der Waals surface area contributed by atoms with Crippen molar-refractivity contribution in [1.29, 1.82) is 0 Å². The molecule has 3 aromatic rings. The molecule has 0 unspecified atom stereocenters. The fraction of sp³-hybridized carbons (Fsp3) is 0.462. The molecule has 0 saturated carbocycles. The van der Waals surface area contributed by atoms with Crippen molar-refractivity contribution in [1.82, 2.24) is 9.80 Å². The van der Waals surface area contributed by atoms with Gasteiger partial charge in [-0.25, -0.2) is 0 Å². The molecule has 0 N–H and O–H groups in total. The number of piperazine rings is 1. The van der Waals surface area contributed by atoms with Gasteiger partial charge in [0.1, 0.15) is 23.7 Å². The highest BCUT2D eigenvalue weighted by molar-refractivity contribution is 6.00. The molecule has 45 heavy (non-hydrogen) atoms. The second-order valence-electron chi connectivity index (χ2n) is 13.3. The van der Waals surface area contributed by atoms with Crippen LogP contribution < -0.4 is 9.47 Å². The number of carbonyl (C=O) groups excluding carboxylic acids is 1. The fourth-order valence-corrected chi connectivity index (χ4v) is 6.21. The zero-order chi connectivity index (χ0) is 31.8. The Bertz CT molecular complexity index is 1430. The predicted molar refractivity (Wildman–Crippen MR) is 183 cm³/mol. The molecule has 1 fully saturated rings. The van der Waals surface area contributed by atoms with Crippen LogP contribution in [-0.2, 0) is 16.0 Å². The molecule has 3 aromatic carbocycles. The number of hydrogen-bond acceptors (Lipinski definition) is 6. The standard InChI is InChI=1S/C39H50N2O4/c1-6-7-25-43-34-18-20-36-32(26-34)15-19-35(30-11-9-8-10-12-30)38(36)31-13-16-33(17-14-31)44-28-29(2)41-23-21-40(22-24-41)27-37(42)45-39(3,4)5/h8-14,16-18,20,26,29H,6-7,15,19,21-25,27-28H2,1-5H3/t29-/m1/s1. The van der Waals surface area contributed by atoms with Gasteiger partial charge < -0.3 is 14.2 Å². The Labute approximate surface area is 270 Å². The van der Waals surface area contributed by atoms with Crippen LogP contribution >= 0.6 is 0 Å². The zero-order valence-corrected chi connectivity index (χ0v) is 27.8. The number of benzene rings is 3. The Kier molecular flexibility index (Phi) is 11.0. The van der Waals surface area contributed by atoms with Crippen molar-refractivity contribution < 1.29 is 19.0 Å². The first-order chi connectivity index (χ1) is 21.7. The maximum Gasteiger partial charge on any atom is 0.320 e. The van der Waals surface area contributed by atoms with Crippen LogP contribution in [0.4, 0.5) is 0 Å². The molecular weight excluding hydrogens is 560 g/mol. The highest BCUT2D eigenvalue weighted by Crippen LogP contribution is 2.42. The van der Waals surface area contributed by atoms with E-state index in [-0.39, 0.29) is 12.0 Å². The number of ether oxygens (including phenoxy) is 3. The van der Waals surface area contributed by atoms with Crippen LogP contribution in [0.25, 0.3) is 11.1 Å². The van der Waals surface area contributed by atoms with Crippen molar-refractivity contribution in [2.75, 3.05) is 45.9 Å². The quantitative estimate of drug-likeness (QED) is 0.156. The third-order valence-corrected chi connectivity index (χ3v) is 8.62. The van der Waals surface area contributed by atoms with Gasteiger partial charge in [-0.15, -0.1) is 0 Å². The summed E-state index contributed by atoms with van der Waals surface area (Å²) in [5, 5.41) is 0. The van der Waals surface area contributed by atoms with Crippen molar-refractivity contribution in [2.45, 2.75) is 71.9 Å². The molecule has 2 aliphatic rings. The number of rotatable bonds is 12. The first-order valence-electron chi connectivity index (χ1n) is 16.7. The van der Waals surface area contributed by atoms with Gasteiger partial charge in [0, 0.05) is 32.2 Å². The number of unbranched alkanes of at least 4 members (excludes halogenated alkanes) is 1. The van der Waals surface area contributed by atoms with Crippen LogP contribution in [0.5, 0.6) is 11.5 Å². The van der Waals surface area contributed by atoms with E-state index in [0.717, 1.165) is 70.0 Å². The first-order valence-corrected chi connectivity index (χ1v) is 16.7. The molecule has 1 aliphatic carbocycles. The summed E-state index contributed by atoms with van der Waals surface area (Å²) >= 11 is 0. The fourth-order valence-electron chi connectivity index (χ4n) is 6.21. The van der Waals surface area contributed by atoms with Crippen LogP contribution in [-0.4, -0.2) is 73.3 Å². The van der Waals surface area contributed by atoms with Gasteiger partial charge >= 0.3 is 5.97 Å². The van der Waals surface area contributed by atoms with E-state index in [2.05, 4.69) is 96.4 Å². The molecule has 1 atom stereocenters. The molecule has 5 rings (SSSR count). The topological polar surface area (TPSA) is 51.2 Å². The third-order valence-electron chi connectivity index (χ3n) is 8.62. The summed E-state index contributed by atoms with van der Waals surface area (Å²) in [4.78, 5) is 16.8. The lowest BCUT2D eigenvalue weighted by Gasteiger charge is -2.37. The highest BCUT2D eigenvalue weighted by atomic mass is 16.6. The van der Waals surface area contributed by atoms with Crippen molar-refractivity contribution in [3.05, 3.63) is 95.1 Å². The van der Waals surface area contributed by atoms with Gasteiger partial charge in [-0.3, -0.25) is 14.6 Å². The van der Waals surface area contributed by atoms with E-state index >= 15 is 0 Å². The summed E-state index contributed by atoms with van der Waals surface area (Å²) in [6.07, 6.45) is 4.19. The number of esters is 1. The minimum Gasteiger partial charge on any atom is -0.494 e. The Balaban J connectivity index is 1.23. The minimum atomic E-state index is -0.446. The van der Waals surface area contributed by atoms with Crippen molar-refractivity contribution in [3.63, 3.8) is 0 Å². The lowest BCUT2D eigenvalue weighted by Crippen LogP contribution is -2.52. The van der Waals surface area contributed by atoms with Crippen molar-refractivity contribution in [2.24, 2.45) is 0 Å². The van der Waals surface area contributed by atoms with Gasteiger partial charge in [-0.2, -0.15) is 0 Å². The van der Waals surface area contributed by atoms with Crippen LogP contribution in [0.3, 0.4) is 0 Å². The van der Waals surface area contributed by atoms with E-state index in [9.17, 15) is 4.79 Å². The molecule has 6 heteroatoms. The lowest BCUT2D eigenvalue weighted by atomic mass is 9.79. The van der Waals surface area contributed by atoms with E-state index < -0.39 is 5.60 Å². The molecule has 0 radical (unpaired) electrons. The lowest BCUT2D eigenvalue weighted by molar-refractivity contribution is -0.156. The predicted octanol–water partition coefficient (Wildman–Crippen LogP) is 7.50. The van der Waals surface area contributed by atoms with Crippen LogP contribution in [0, 0.1) is 0 Å². The Morgan fingerprint density at radius 3 is 2.24 bits per heavy atom. The van der Waals surface area contributed by atoms with Gasteiger partial charge in [-0.1, -0.05) is 61.9 Å². The van der Waals surface area contributed by atoms with Crippen LogP contribution in [0.1, 0.15) is 76.1 Å². The molecule has 1 saturated heterocycles. The molecule has 1 heterocycles. The Morgan fingerprint density at radius 2 is 1.56 bits per heavy atom. The zero-order valence-electron chi connectivity index (χ0n) is 27.8. The second-order valence-corrected chi connectivity index (χ2v) is 13.3. The minimum absolute atomic E-state index is 0.152. The van der Waals surface area contributed by atoms with E-state index in [1.54, 1.807) is 0 Å². The van der Waals surface area contributed by atoms with Crippen LogP contribution in [0.2, 0.25) is 0 Å². The molecule has 0 spiro atoms. The maximum atomic E-state index is 12.2. The van der Waals surface area contributed by atoms with Gasteiger partial charge in [-0.05, 0) is 105 Å². The molecule has 0 bridgehead atoms. The summed E-state index contributed by atoms with van der Waals surface area (Å²) in [5.74, 6) is 1.69. The average molecular weight is 611 g/mol. The molecule has 1 aliphatic heterocycles. The van der Waals surface area contributed by atoms with Gasteiger partial charge in [0.15, 0.2) is 0 Å². The summed E-state index contributed by atoms with van der Waals surface area (Å²) in [5.41, 5.74) is 7.35.